The molecular formula is C46H74B3BrF2N2O10. The zero-order valence-electron chi connectivity index (χ0n) is 41.3. The van der Waals surface area contributed by atoms with Gasteiger partial charge in [0, 0.05) is 83.3 Å². The average Bonchev–Trinajstić information content (AvgIpc) is 3.70. The first kappa shape index (κ1) is 53.1. The number of anilines is 2. The molecule has 0 N–H and O–H groups in total. The van der Waals surface area contributed by atoms with Crippen LogP contribution in [0.15, 0.2) is 40.9 Å². The second kappa shape index (κ2) is 20.8. The number of methoxy groups -OCH3 is 4. The van der Waals surface area contributed by atoms with Gasteiger partial charge in [-0.15, -0.1) is 0 Å². The van der Waals surface area contributed by atoms with E-state index >= 15 is 0 Å². The summed E-state index contributed by atoms with van der Waals surface area (Å²) in [5.74, 6) is 0.266. The smallest absolute Gasteiger partial charge is 0.405 e. The van der Waals surface area contributed by atoms with Gasteiger partial charge in [-0.3, -0.25) is 0 Å². The van der Waals surface area contributed by atoms with Gasteiger partial charge in [-0.25, -0.2) is 8.78 Å². The molecule has 0 aliphatic carbocycles. The summed E-state index contributed by atoms with van der Waals surface area (Å²) >= 11 is 3.17. The first-order valence-corrected chi connectivity index (χ1v) is 23.4. The zero-order chi connectivity index (χ0) is 47.6. The van der Waals surface area contributed by atoms with Gasteiger partial charge in [-0.2, -0.15) is 0 Å². The third-order valence-electron chi connectivity index (χ3n) is 14.7. The molecule has 5 heterocycles. The number of ether oxygens (including phenoxy) is 4. The molecule has 0 radical (unpaired) electrons. The lowest BCUT2D eigenvalue weighted by Gasteiger charge is -2.36. The second-order valence-electron chi connectivity index (χ2n) is 20.5. The maximum atomic E-state index is 14.8. The monoisotopic (exact) mass is 964 g/mol. The van der Waals surface area contributed by atoms with Gasteiger partial charge in [0.25, 0.3) is 0 Å². The minimum Gasteiger partial charge on any atom is -0.405 e. The molecule has 2 aromatic carbocycles. The summed E-state index contributed by atoms with van der Waals surface area (Å²) in [6, 6.07) is 10.6. The van der Waals surface area contributed by atoms with Gasteiger partial charge in [-0.1, -0.05) is 6.07 Å². The number of halogens is 3. The lowest BCUT2D eigenvalue weighted by atomic mass is 9.49. The first-order valence-electron chi connectivity index (χ1n) is 22.6. The Bertz CT molecular complexity index is 1760. The fourth-order valence-corrected chi connectivity index (χ4v) is 8.62. The van der Waals surface area contributed by atoms with Crippen molar-refractivity contribution in [3.63, 3.8) is 0 Å². The molecule has 5 fully saturated rings. The highest BCUT2D eigenvalue weighted by atomic mass is 79.9. The summed E-state index contributed by atoms with van der Waals surface area (Å²) in [4.78, 5) is 4.41. The van der Waals surface area contributed by atoms with Crippen LogP contribution in [0.25, 0.3) is 0 Å². The van der Waals surface area contributed by atoms with Crippen LogP contribution in [0.2, 0.25) is 0 Å². The molecule has 0 saturated carbocycles. The molecule has 5 saturated heterocycles. The van der Waals surface area contributed by atoms with Crippen molar-refractivity contribution in [2.24, 2.45) is 11.8 Å². The van der Waals surface area contributed by atoms with Crippen LogP contribution in [-0.2, 0) is 46.9 Å². The van der Waals surface area contributed by atoms with Gasteiger partial charge >= 0.3 is 21.1 Å². The van der Waals surface area contributed by atoms with Crippen LogP contribution in [0.1, 0.15) is 109 Å². The summed E-state index contributed by atoms with van der Waals surface area (Å²) in [6.07, 6.45) is 3.58. The highest BCUT2D eigenvalue weighted by Crippen LogP contribution is 2.43. The number of piperidine rings is 2. The van der Waals surface area contributed by atoms with Crippen LogP contribution in [0.3, 0.4) is 0 Å². The summed E-state index contributed by atoms with van der Waals surface area (Å²) in [7, 11) is 5.05. The summed E-state index contributed by atoms with van der Waals surface area (Å²) in [5, 5.41) is 0. The Hall–Kier alpha value is -1.83. The van der Waals surface area contributed by atoms with Gasteiger partial charge in [0.05, 0.1) is 38.1 Å². The Labute approximate surface area is 391 Å². The van der Waals surface area contributed by atoms with Crippen LogP contribution in [0.5, 0.6) is 0 Å². The van der Waals surface area contributed by atoms with Crippen molar-refractivity contribution < 1.29 is 55.7 Å². The van der Waals surface area contributed by atoms with E-state index in [1.807, 2.05) is 95.2 Å². The number of nitrogens with zero attached hydrogens (tertiary/aromatic N) is 2. The Morgan fingerprint density at radius 2 is 0.828 bits per heavy atom. The van der Waals surface area contributed by atoms with E-state index in [4.69, 9.17) is 46.9 Å². The van der Waals surface area contributed by atoms with Gasteiger partial charge < -0.3 is 56.7 Å². The molecular weight excluding hydrogens is 891 g/mol. The molecule has 5 aliphatic heterocycles. The van der Waals surface area contributed by atoms with E-state index in [1.165, 1.54) is 0 Å². The van der Waals surface area contributed by atoms with Crippen LogP contribution in [0.4, 0.5) is 20.2 Å². The molecule has 7 rings (SSSR count). The summed E-state index contributed by atoms with van der Waals surface area (Å²) in [5.41, 5.74) is -0.131. The van der Waals surface area contributed by atoms with Crippen molar-refractivity contribution >= 4 is 53.9 Å². The van der Waals surface area contributed by atoms with Gasteiger partial charge in [0.15, 0.2) is 12.6 Å². The molecule has 358 valence electrons. The third kappa shape index (κ3) is 11.9. The van der Waals surface area contributed by atoms with Crippen molar-refractivity contribution in [3.05, 3.63) is 52.5 Å². The second-order valence-corrected chi connectivity index (χ2v) is 21.3. The Kier molecular flexibility index (Phi) is 17.3. The van der Waals surface area contributed by atoms with Crippen molar-refractivity contribution in [1.29, 1.82) is 0 Å². The quantitative estimate of drug-likeness (QED) is 0.169. The molecule has 0 atom stereocenters. The Morgan fingerprint density at radius 1 is 0.516 bits per heavy atom. The molecule has 2 aromatic rings. The zero-order valence-corrected chi connectivity index (χ0v) is 42.9. The van der Waals surface area contributed by atoms with Crippen LogP contribution >= 0.6 is 15.9 Å². The van der Waals surface area contributed by atoms with E-state index in [1.54, 1.807) is 52.7 Å². The third-order valence-corrected chi connectivity index (χ3v) is 15.3. The normalized spacial score (nSPS) is 23.7. The van der Waals surface area contributed by atoms with Gasteiger partial charge in [0.1, 0.15) is 11.6 Å². The predicted molar refractivity (Wildman–Crippen MR) is 254 cm³/mol. The van der Waals surface area contributed by atoms with Crippen LogP contribution in [-0.4, -0.2) is 122 Å². The Balaban J connectivity index is 0.000000186. The molecule has 64 heavy (non-hydrogen) atoms. The van der Waals surface area contributed by atoms with Crippen molar-refractivity contribution in [2.45, 2.75) is 155 Å². The van der Waals surface area contributed by atoms with E-state index in [-0.39, 0.29) is 46.6 Å². The van der Waals surface area contributed by atoms with Gasteiger partial charge in [-0.05, 0) is 155 Å². The number of hydrogen-bond acceptors (Lipinski definition) is 12. The fraction of sp³-hybridized carbons (Fsp3) is 0.739. The summed E-state index contributed by atoms with van der Waals surface area (Å²) in [6.45, 7) is 27.6. The Morgan fingerprint density at radius 3 is 1.14 bits per heavy atom. The molecule has 18 heteroatoms. The predicted octanol–water partition coefficient (Wildman–Crippen LogP) is 8.63. The van der Waals surface area contributed by atoms with Crippen molar-refractivity contribution in [3.8, 4) is 0 Å². The highest BCUT2D eigenvalue weighted by Gasteiger charge is 2.63. The van der Waals surface area contributed by atoms with Crippen LogP contribution < -0.4 is 15.3 Å². The van der Waals surface area contributed by atoms with E-state index in [9.17, 15) is 8.78 Å². The number of hydrogen-bond donors (Lipinski definition) is 0. The lowest BCUT2D eigenvalue weighted by Crippen LogP contribution is -2.41. The topological polar surface area (TPSA) is 98.8 Å². The largest absolute Gasteiger partial charge is 0.497 e. The standard InChI is InChI=1S/C20H31BFNO4.C14H19BrFNO2.C12H24B2O4/c1-19(2)20(3,4)27-21(26-19)16-8-7-15(13-17(16)22)23-11-9-14(10-12-23)18(24-5)25-6;1-18-14(19-2)10-5-7-17(8-6-10)11-3-4-12(15)13(16)9-11;1-9(2)10(3,4)16-13(15-9)14-17-11(5,6)12(7,8)18-14/h7-8,13-14,18H,9-12H2,1-6H3;3-4,9-10,14H,5-8H2,1-2H3;1-8H3. The molecule has 0 unspecified atom stereocenters. The van der Waals surface area contributed by atoms with Crippen molar-refractivity contribution in [1.82, 2.24) is 0 Å². The van der Waals surface area contributed by atoms with E-state index in [2.05, 4.69) is 25.7 Å². The van der Waals surface area contributed by atoms with Crippen LogP contribution in [0, 0.1) is 23.5 Å². The summed E-state index contributed by atoms with van der Waals surface area (Å²) < 4.78 is 86.1. The molecule has 0 spiro atoms. The minimum absolute atomic E-state index is 0.135. The molecule has 5 aliphatic rings. The average molecular weight is 965 g/mol. The minimum atomic E-state index is -0.682. The number of benzene rings is 2. The maximum absolute atomic E-state index is 14.8. The maximum Gasteiger partial charge on any atom is 0.497 e. The molecule has 0 aromatic heterocycles. The molecule has 0 amide bonds. The fourth-order valence-electron chi connectivity index (χ4n) is 8.38. The SMILES string of the molecule is CC1(C)OB(B2OC(C)(C)C(C)(C)O2)OC1(C)C.COC(OC)C1CCN(c2ccc(B3OC(C)(C)C(C)(C)O3)c(F)c2)CC1.COC(OC)C1CCN(c2ccc(Br)c(F)c2)CC1. The van der Waals surface area contributed by atoms with E-state index in [0.29, 0.717) is 21.8 Å². The van der Waals surface area contributed by atoms with Crippen molar-refractivity contribution in [2.75, 3.05) is 64.4 Å². The molecule has 0 bridgehead atoms. The lowest BCUT2D eigenvalue weighted by molar-refractivity contribution is -0.141. The molecule has 12 nitrogen and oxygen atoms in total. The van der Waals surface area contributed by atoms with E-state index in [0.717, 1.165) is 63.2 Å². The van der Waals surface area contributed by atoms with E-state index < -0.39 is 32.3 Å². The number of rotatable bonds is 10. The van der Waals surface area contributed by atoms with Gasteiger partial charge in [0.2, 0.25) is 0 Å². The highest BCUT2D eigenvalue weighted by molar-refractivity contribution is 9.10. The first-order chi connectivity index (χ1) is 29.7.